The summed E-state index contributed by atoms with van der Waals surface area (Å²) in [5.74, 6) is -5.79. The van der Waals surface area contributed by atoms with Crippen LogP contribution in [0.1, 0.15) is 122 Å². The molecule has 0 spiro atoms. The second-order valence-corrected chi connectivity index (χ2v) is 13.6. The van der Waals surface area contributed by atoms with Crippen molar-refractivity contribution in [2.75, 3.05) is 27.8 Å². The van der Waals surface area contributed by atoms with Gasteiger partial charge in [0.05, 0.1) is 12.2 Å². The van der Waals surface area contributed by atoms with E-state index in [0.717, 1.165) is 12.8 Å². The molecular formula is C38H74IN3O10. The first-order valence-electron chi connectivity index (χ1n) is 19.0. The van der Waals surface area contributed by atoms with Gasteiger partial charge in [0, 0.05) is 43.2 Å². The third-order valence-electron chi connectivity index (χ3n) is 8.86. The number of aliphatic hydroxyl groups is 1. The number of aliphatic hydroxyl groups excluding tert-OH is 1. The molecule has 0 bridgehead atoms. The number of rotatable bonds is 15. The first kappa shape index (κ1) is 54.5. The van der Waals surface area contributed by atoms with Crippen molar-refractivity contribution in [3.8, 4) is 0 Å². The zero-order valence-corrected chi connectivity index (χ0v) is 37.2. The van der Waals surface area contributed by atoms with Gasteiger partial charge in [-0.1, -0.05) is 80.8 Å². The standard InChI is InChI=1S/C23H37IN2O8.C8H17NO2.C3H8.2C2H6/c1-8-11(2)19(27)14(5)17-16(33-23(30)18(17)21(25)26-34-24)10-32-22(29)15(6)20(28)12(3)9-13(4)31-7;1-6-4-7(9(2)3)5-8(10)11-6;1-3-2;2*1-2/h11-18H,8-10H2,1-7H3,(H2,25,26);6-8,10H,4-5H2,1-3H3;3H2,1-2H3;2*1-2H3/t11-,12?,13+,14-,15?,16?,17?,18?;;;;/m1..../s1. The lowest BCUT2D eigenvalue weighted by Crippen LogP contribution is -2.42. The topological polar surface area (TPSA) is 176 Å². The van der Waals surface area contributed by atoms with Gasteiger partial charge in [-0.25, -0.2) is 0 Å². The van der Waals surface area contributed by atoms with Gasteiger partial charge in [0.25, 0.3) is 0 Å². The molecule has 2 rings (SSSR count). The maximum absolute atomic E-state index is 12.9. The van der Waals surface area contributed by atoms with Crippen LogP contribution in [0.4, 0.5) is 0 Å². The van der Waals surface area contributed by atoms with Crippen LogP contribution in [-0.2, 0) is 41.3 Å². The van der Waals surface area contributed by atoms with Gasteiger partial charge in [0.2, 0.25) is 23.0 Å². The molecule has 2 aliphatic heterocycles. The Labute approximate surface area is 329 Å². The summed E-state index contributed by atoms with van der Waals surface area (Å²) < 4.78 is 25.9. The second kappa shape index (κ2) is 30.4. The molecule has 0 aromatic heterocycles. The van der Waals surface area contributed by atoms with Crippen LogP contribution >= 0.6 is 23.0 Å². The summed E-state index contributed by atoms with van der Waals surface area (Å²) in [7, 11) is 5.63. The van der Waals surface area contributed by atoms with E-state index in [1.165, 1.54) is 36.4 Å². The van der Waals surface area contributed by atoms with E-state index in [-0.39, 0.29) is 42.1 Å². The Kier molecular flexibility index (Phi) is 31.9. The molecule has 3 N–H and O–H groups in total. The number of esters is 2. The van der Waals surface area contributed by atoms with E-state index in [1.54, 1.807) is 21.0 Å². The summed E-state index contributed by atoms with van der Waals surface area (Å²) in [5, 5.41) is 12.9. The fraction of sp³-hybridized carbons (Fsp3) is 0.868. The molecule has 8 unspecified atom stereocenters. The fourth-order valence-electron chi connectivity index (χ4n) is 5.74. The van der Waals surface area contributed by atoms with Crippen molar-refractivity contribution < 1.29 is 46.4 Å². The highest BCUT2D eigenvalue weighted by Gasteiger charge is 2.52. The molecule has 14 heteroatoms. The summed E-state index contributed by atoms with van der Waals surface area (Å²) in [6.07, 6.45) is 2.69. The highest BCUT2D eigenvalue weighted by molar-refractivity contribution is 14.1. The van der Waals surface area contributed by atoms with E-state index in [4.69, 9.17) is 24.7 Å². The summed E-state index contributed by atoms with van der Waals surface area (Å²) in [6, 6.07) is 0.466. The van der Waals surface area contributed by atoms with Gasteiger partial charge in [0.15, 0.2) is 12.1 Å². The van der Waals surface area contributed by atoms with Gasteiger partial charge in [-0.3, -0.25) is 19.2 Å². The number of Topliss-reactive ketones (excluding diaryl/α,β-unsaturated/α-hetero) is 2. The summed E-state index contributed by atoms with van der Waals surface area (Å²) in [6.45, 7) is 24.4. The third-order valence-corrected chi connectivity index (χ3v) is 9.06. The monoisotopic (exact) mass is 859 g/mol. The quantitative estimate of drug-likeness (QED) is 0.0444. The number of oxime groups is 1. The lowest BCUT2D eigenvalue weighted by Gasteiger charge is -2.34. The summed E-state index contributed by atoms with van der Waals surface area (Å²) in [4.78, 5) is 52.9. The molecule has 2 heterocycles. The van der Waals surface area contributed by atoms with Crippen LogP contribution in [-0.4, -0.2) is 97.8 Å². The van der Waals surface area contributed by atoms with Gasteiger partial charge < -0.3 is 37.9 Å². The number of halogens is 1. The normalized spacial score (nSPS) is 25.3. The molecule has 0 radical (unpaired) electrons. The minimum Gasteiger partial charge on any atom is -0.461 e. The zero-order chi connectivity index (χ0) is 41.3. The van der Waals surface area contributed by atoms with E-state index in [2.05, 4.69) is 27.1 Å². The molecular weight excluding hydrogens is 785 g/mol. The van der Waals surface area contributed by atoms with Crippen LogP contribution in [0.15, 0.2) is 5.16 Å². The number of carbonyl (C=O) groups is 4. The molecule has 308 valence electrons. The van der Waals surface area contributed by atoms with Crippen LogP contribution in [0.25, 0.3) is 0 Å². The fourth-order valence-corrected chi connectivity index (χ4v) is 5.97. The van der Waals surface area contributed by atoms with Crippen molar-refractivity contribution in [2.45, 2.75) is 153 Å². The maximum atomic E-state index is 12.9. The number of hydrogen-bond acceptors (Lipinski definition) is 12. The molecule has 0 aliphatic carbocycles. The van der Waals surface area contributed by atoms with Gasteiger partial charge in [-0.15, -0.1) is 0 Å². The predicted molar refractivity (Wildman–Crippen MR) is 215 cm³/mol. The lowest BCUT2D eigenvalue weighted by atomic mass is 9.75. The number of nitrogens with zero attached hydrogens (tertiary/aromatic N) is 2. The van der Waals surface area contributed by atoms with Crippen molar-refractivity contribution in [3.63, 3.8) is 0 Å². The number of ketones is 2. The van der Waals surface area contributed by atoms with E-state index in [1.807, 2.05) is 69.5 Å². The van der Waals surface area contributed by atoms with Crippen molar-refractivity contribution in [2.24, 2.45) is 46.4 Å². The van der Waals surface area contributed by atoms with E-state index in [9.17, 15) is 24.3 Å². The Morgan fingerprint density at radius 3 is 1.98 bits per heavy atom. The van der Waals surface area contributed by atoms with Crippen molar-refractivity contribution >= 4 is 52.3 Å². The Morgan fingerprint density at radius 1 is 1.00 bits per heavy atom. The van der Waals surface area contributed by atoms with Gasteiger partial charge in [0.1, 0.15) is 36.1 Å². The Hall–Kier alpha value is -1.88. The zero-order valence-electron chi connectivity index (χ0n) is 35.1. The molecule has 2 fully saturated rings. The summed E-state index contributed by atoms with van der Waals surface area (Å²) >= 11 is 1.51. The molecule has 11 atom stereocenters. The van der Waals surface area contributed by atoms with E-state index >= 15 is 0 Å². The van der Waals surface area contributed by atoms with Crippen LogP contribution in [0, 0.1) is 35.5 Å². The van der Waals surface area contributed by atoms with Crippen molar-refractivity contribution in [3.05, 3.63) is 0 Å². The van der Waals surface area contributed by atoms with Gasteiger partial charge >= 0.3 is 11.9 Å². The molecule has 52 heavy (non-hydrogen) atoms. The lowest BCUT2D eigenvalue weighted by molar-refractivity contribution is -0.172. The van der Waals surface area contributed by atoms with Crippen LogP contribution < -0.4 is 5.73 Å². The Morgan fingerprint density at radius 2 is 1.54 bits per heavy atom. The smallest absolute Gasteiger partial charge is 0.317 e. The summed E-state index contributed by atoms with van der Waals surface area (Å²) in [5.41, 5.74) is 5.95. The van der Waals surface area contributed by atoms with Crippen molar-refractivity contribution in [1.82, 2.24) is 4.90 Å². The van der Waals surface area contributed by atoms with Crippen LogP contribution in [0.5, 0.6) is 0 Å². The Balaban J connectivity index is -0.00000110. The molecule has 13 nitrogen and oxygen atoms in total. The third kappa shape index (κ3) is 19.4. The predicted octanol–water partition coefficient (Wildman–Crippen LogP) is 6.75. The van der Waals surface area contributed by atoms with E-state index in [0.29, 0.717) is 18.9 Å². The average Bonchev–Trinajstić information content (AvgIpc) is 3.46. The SMILES string of the molecule is CC.CC.CC1CC(N(C)C)CC(O)O1.CCC.CC[C@@H](C)C(=O)[C@H](C)C1C(COC(=O)C(C)C(=O)C(C)C[C@H](C)OC)OC(=O)C1/C(N)=N/OI. The number of hydrogen-bond donors (Lipinski definition) is 2. The molecule has 2 saturated heterocycles. The number of ether oxygens (including phenoxy) is 4. The van der Waals surface area contributed by atoms with E-state index < -0.39 is 53.9 Å². The minimum absolute atomic E-state index is 0.0556. The number of nitrogens with two attached hydrogens (primary N) is 1. The maximum Gasteiger partial charge on any atom is 0.317 e. The average molecular weight is 860 g/mol. The number of amidine groups is 1. The number of carbonyl (C=O) groups excluding carboxylic acids is 4. The molecule has 2 aliphatic rings. The van der Waals surface area contributed by atoms with Gasteiger partial charge in [-0.05, 0) is 54.1 Å². The first-order chi connectivity index (χ1) is 24.4. The molecule has 0 saturated carbocycles. The molecule has 0 aromatic rings. The Bertz CT molecular complexity index is 1020. The number of cyclic esters (lactones) is 1. The van der Waals surface area contributed by atoms with Gasteiger partial charge in [-0.2, -0.15) is 0 Å². The minimum atomic E-state index is -1.02. The largest absolute Gasteiger partial charge is 0.461 e. The second-order valence-electron chi connectivity index (χ2n) is 13.3. The van der Waals surface area contributed by atoms with Crippen LogP contribution in [0.3, 0.4) is 0 Å². The molecule has 0 amide bonds. The van der Waals surface area contributed by atoms with Crippen LogP contribution in [0.2, 0.25) is 0 Å². The number of methoxy groups -OCH3 is 1. The molecule has 0 aromatic carbocycles. The highest BCUT2D eigenvalue weighted by atomic mass is 127. The highest BCUT2D eigenvalue weighted by Crippen LogP contribution is 2.37. The van der Waals surface area contributed by atoms with Crippen molar-refractivity contribution in [1.29, 1.82) is 0 Å². The first-order valence-corrected chi connectivity index (χ1v) is 19.9.